The molecule has 1 unspecified atom stereocenters. The molecule has 1 aromatic heterocycles. The molecule has 2 rings (SSSR count). The Kier molecular flexibility index (Phi) is 5.39. The molecule has 0 spiro atoms. The molecule has 0 aliphatic carbocycles. The van der Waals surface area contributed by atoms with Crippen molar-refractivity contribution in [3.05, 3.63) is 46.7 Å². The lowest BCUT2D eigenvalue weighted by atomic mass is 10.0. The van der Waals surface area contributed by atoms with E-state index in [1.807, 2.05) is 31.2 Å². The van der Waals surface area contributed by atoms with Crippen molar-refractivity contribution in [2.75, 3.05) is 10.6 Å². The summed E-state index contributed by atoms with van der Waals surface area (Å²) in [5, 5.41) is 8.57. The Morgan fingerprint density at radius 1 is 1.19 bits per heavy atom. The molecule has 2 aromatic rings. The van der Waals surface area contributed by atoms with Crippen molar-refractivity contribution in [3.8, 4) is 0 Å². The highest BCUT2D eigenvalue weighted by Crippen LogP contribution is 2.30. The molecule has 21 heavy (non-hydrogen) atoms. The number of hydrogen-bond acceptors (Lipinski definition) is 3. The lowest BCUT2D eigenvalue weighted by Crippen LogP contribution is -2.16. The summed E-state index contributed by atoms with van der Waals surface area (Å²) in [5.74, 6) is 0.517. The van der Waals surface area contributed by atoms with Gasteiger partial charge in [-0.25, -0.2) is 0 Å². The third-order valence-electron chi connectivity index (χ3n) is 3.31. The van der Waals surface area contributed by atoms with Crippen LogP contribution >= 0.6 is 11.3 Å². The van der Waals surface area contributed by atoms with E-state index in [0.29, 0.717) is 12.3 Å². The van der Waals surface area contributed by atoms with Crippen LogP contribution in [0.25, 0.3) is 0 Å². The van der Waals surface area contributed by atoms with Crippen molar-refractivity contribution >= 4 is 28.6 Å². The zero-order valence-electron chi connectivity index (χ0n) is 12.7. The SMILES string of the molecule is CCC(=O)Nc1cccc(NC(c2cccs2)C(C)C)c1. The molecule has 0 saturated carbocycles. The quantitative estimate of drug-likeness (QED) is 0.796. The Hall–Kier alpha value is -1.81. The maximum atomic E-state index is 11.5. The molecular formula is C17H22N2OS. The number of carbonyl (C=O) groups excluding carboxylic acids is 1. The number of rotatable bonds is 6. The second kappa shape index (κ2) is 7.27. The zero-order valence-corrected chi connectivity index (χ0v) is 13.5. The Balaban J connectivity index is 2.14. The molecule has 112 valence electrons. The first kappa shape index (κ1) is 15.6. The highest BCUT2D eigenvalue weighted by atomic mass is 32.1. The average Bonchev–Trinajstić information content (AvgIpc) is 2.98. The van der Waals surface area contributed by atoms with Crippen LogP contribution in [-0.2, 0) is 4.79 Å². The van der Waals surface area contributed by atoms with Gasteiger partial charge in [0, 0.05) is 22.7 Å². The minimum absolute atomic E-state index is 0.0332. The number of nitrogens with one attached hydrogen (secondary N) is 2. The van der Waals surface area contributed by atoms with Crippen molar-refractivity contribution in [2.24, 2.45) is 5.92 Å². The van der Waals surface area contributed by atoms with Gasteiger partial charge in [-0.3, -0.25) is 4.79 Å². The maximum absolute atomic E-state index is 11.5. The van der Waals surface area contributed by atoms with Crippen LogP contribution in [0.5, 0.6) is 0 Å². The van der Waals surface area contributed by atoms with Gasteiger partial charge in [-0.05, 0) is 35.6 Å². The molecule has 2 N–H and O–H groups in total. The van der Waals surface area contributed by atoms with Crippen molar-refractivity contribution in [1.82, 2.24) is 0 Å². The zero-order chi connectivity index (χ0) is 15.2. The summed E-state index contributed by atoms with van der Waals surface area (Å²) in [6.07, 6.45) is 0.488. The molecule has 0 saturated heterocycles. The topological polar surface area (TPSA) is 41.1 Å². The van der Waals surface area contributed by atoms with Crippen LogP contribution in [-0.4, -0.2) is 5.91 Å². The van der Waals surface area contributed by atoms with Crippen LogP contribution in [0.3, 0.4) is 0 Å². The molecule has 0 radical (unpaired) electrons. The summed E-state index contributed by atoms with van der Waals surface area (Å²) in [6.45, 7) is 6.27. The highest BCUT2D eigenvalue weighted by Gasteiger charge is 2.16. The summed E-state index contributed by atoms with van der Waals surface area (Å²) >= 11 is 1.76. The number of amides is 1. The summed E-state index contributed by atoms with van der Waals surface area (Å²) in [6, 6.07) is 12.4. The summed E-state index contributed by atoms with van der Waals surface area (Å²) in [4.78, 5) is 12.8. The van der Waals surface area contributed by atoms with E-state index in [4.69, 9.17) is 0 Å². The molecule has 4 heteroatoms. The lowest BCUT2D eigenvalue weighted by molar-refractivity contribution is -0.115. The normalized spacial score (nSPS) is 12.2. The van der Waals surface area contributed by atoms with E-state index < -0.39 is 0 Å². The first-order chi connectivity index (χ1) is 10.1. The van der Waals surface area contributed by atoms with Gasteiger partial charge in [-0.1, -0.05) is 32.9 Å². The summed E-state index contributed by atoms with van der Waals surface area (Å²) in [5.41, 5.74) is 1.86. The Labute approximate surface area is 130 Å². The van der Waals surface area contributed by atoms with Crippen LogP contribution in [0.15, 0.2) is 41.8 Å². The molecule has 3 nitrogen and oxygen atoms in total. The van der Waals surface area contributed by atoms with E-state index in [2.05, 4.69) is 42.0 Å². The molecule has 1 amide bonds. The van der Waals surface area contributed by atoms with Gasteiger partial charge >= 0.3 is 0 Å². The van der Waals surface area contributed by atoms with Gasteiger partial charge < -0.3 is 10.6 Å². The molecule has 0 aliphatic heterocycles. The number of hydrogen-bond donors (Lipinski definition) is 2. The highest BCUT2D eigenvalue weighted by molar-refractivity contribution is 7.10. The van der Waals surface area contributed by atoms with Gasteiger partial charge in [-0.2, -0.15) is 0 Å². The minimum atomic E-state index is 0.0332. The van der Waals surface area contributed by atoms with E-state index >= 15 is 0 Å². The molecule has 1 atom stereocenters. The smallest absolute Gasteiger partial charge is 0.224 e. The Morgan fingerprint density at radius 2 is 1.95 bits per heavy atom. The van der Waals surface area contributed by atoms with E-state index in [1.165, 1.54) is 4.88 Å². The summed E-state index contributed by atoms with van der Waals surface area (Å²) in [7, 11) is 0. The van der Waals surface area contributed by atoms with Crippen molar-refractivity contribution in [1.29, 1.82) is 0 Å². The first-order valence-electron chi connectivity index (χ1n) is 7.30. The predicted octanol–water partition coefficient (Wildman–Crippen LogP) is 4.91. The van der Waals surface area contributed by atoms with Crippen molar-refractivity contribution in [2.45, 2.75) is 33.2 Å². The monoisotopic (exact) mass is 302 g/mol. The van der Waals surface area contributed by atoms with Crippen molar-refractivity contribution < 1.29 is 4.79 Å². The van der Waals surface area contributed by atoms with Crippen LogP contribution in [0.4, 0.5) is 11.4 Å². The molecule has 1 heterocycles. The standard InChI is InChI=1S/C17H22N2OS/c1-4-16(20)18-13-7-5-8-14(11-13)19-17(12(2)3)15-9-6-10-21-15/h5-12,17,19H,4H2,1-3H3,(H,18,20). The third kappa shape index (κ3) is 4.33. The molecule has 1 aromatic carbocycles. The van der Waals surface area contributed by atoms with Crippen LogP contribution in [0.2, 0.25) is 0 Å². The van der Waals surface area contributed by atoms with E-state index in [0.717, 1.165) is 11.4 Å². The van der Waals surface area contributed by atoms with Gasteiger partial charge in [0.1, 0.15) is 0 Å². The fraction of sp³-hybridized carbons (Fsp3) is 0.353. The van der Waals surface area contributed by atoms with E-state index in [1.54, 1.807) is 11.3 Å². The second-order valence-electron chi connectivity index (χ2n) is 5.36. The van der Waals surface area contributed by atoms with Crippen LogP contribution in [0, 0.1) is 5.92 Å². The second-order valence-corrected chi connectivity index (χ2v) is 6.34. The predicted molar refractivity (Wildman–Crippen MR) is 90.9 cm³/mol. The first-order valence-corrected chi connectivity index (χ1v) is 8.18. The van der Waals surface area contributed by atoms with Gasteiger partial charge in [0.25, 0.3) is 0 Å². The van der Waals surface area contributed by atoms with Gasteiger partial charge in [0.05, 0.1) is 6.04 Å². The Morgan fingerprint density at radius 3 is 2.57 bits per heavy atom. The van der Waals surface area contributed by atoms with E-state index in [-0.39, 0.29) is 11.9 Å². The van der Waals surface area contributed by atoms with Crippen LogP contribution in [0.1, 0.15) is 38.1 Å². The van der Waals surface area contributed by atoms with Gasteiger partial charge in [0.15, 0.2) is 0 Å². The average molecular weight is 302 g/mol. The minimum Gasteiger partial charge on any atom is -0.377 e. The molecule has 0 bridgehead atoms. The third-order valence-corrected chi connectivity index (χ3v) is 4.26. The Bertz CT molecular complexity index is 578. The number of benzene rings is 1. The molecule has 0 aliphatic rings. The molecule has 0 fully saturated rings. The number of thiophene rings is 1. The van der Waals surface area contributed by atoms with Gasteiger partial charge in [0.2, 0.25) is 5.91 Å². The largest absolute Gasteiger partial charge is 0.377 e. The fourth-order valence-corrected chi connectivity index (χ4v) is 3.10. The fourth-order valence-electron chi connectivity index (χ4n) is 2.15. The lowest BCUT2D eigenvalue weighted by Gasteiger charge is -2.23. The van der Waals surface area contributed by atoms with Gasteiger partial charge in [-0.15, -0.1) is 11.3 Å². The number of carbonyl (C=O) groups is 1. The maximum Gasteiger partial charge on any atom is 0.224 e. The summed E-state index contributed by atoms with van der Waals surface area (Å²) < 4.78 is 0. The molecular weight excluding hydrogens is 280 g/mol. The number of anilines is 2. The van der Waals surface area contributed by atoms with Crippen LogP contribution < -0.4 is 10.6 Å². The van der Waals surface area contributed by atoms with E-state index in [9.17, 15) is 4.79 Å². The van der Waals surface area contributed by atoms with Crippen molar-refractivity contribution in [3.63, 3.8) is 0 Å².